The lowest BCUT2D eigenvalue weighted by molar-refractivity contribution is 0.0375. The molecule has 110 valence electrons. The van der Waals surface area contributed by atoms with Crippen LogP contribution < -0.4 is 10.6 Å². The number of halogens is 1. The van der Waals surface area contributed by atoms with E-state index >= 15 is 0 Å². The van der Waals surface area contributed by atoms with Crippen molar-refractivity contribution in [2.75, 3.05) is 44.7 Å². The lowest BCUT2D eigenvalue weighted by Crippen LogP contribution is -2.38. The average molecular weight is 389 g/mol. The number of hydrogen-bond acceptors (Lipinski definition) is 3. The van der Waals surface area contributed by atoms with Gasteiger partial charge >= 0.3 is 6.03 Å². The summed E-state index contributed by atoms with van der Waals surface area (Å²) in [5, 5.41) is 5.71. The standard InChI is InChI=1S/C14H20IN3O2/c15-12-3-1-4-13(11-12)17-14(19)16-5-2-6-18-7-9-20-10-8-18/h1,3-4,11H,2,5-10H2,(H2,16,17,19). The van der Waals surface area contributed by atoms with E-state index in [2.05, 4.69) is 38.1 Å². The molecule has 1 fully saturated rings. The number of nitrogens with one attached hydrogen (secondary N) is 2. The Morgan fingerprint density at radius 2 is 2.15 bits per heavy atom. The third-order valence-corrected chi connectivity index (χ3v) is 3.79. The van der Waals surface area contributed by atoms with E-state index in [0.717, 1.165) is 48.5 Å². The molecular weight excluding hydrogens is 369 g/mol. The van der Waals surface area contributed by atoms with Gasteiger partial charge in [-0.3, -0.25) is 4.90 Å². The zero-order valence-electron chi connectivity index (χ0n) is 11.4. The molecule has 6 heteroatoms. The summed E-state index contributed by atoms with van der Waals surface area (Å²) in [6, 6.07) is 7.60. The molecule has 2 rings (SSSR count). The van der Waals surface area contributed by atoms with Crippen LogP contribution in [0.2, 0.25) is 0 Å². The summed E-state index contributed by atoms with van der Waals surface area (Å²) in [4.78, 5) is 14.1. The van der Waals surface area contributed by atoms with Crippen LogP contribution in [0.4, 0.5) is 10.5 Å². The van der Waals surface area contributed by atoms with Crippen LogP contribution in [-0.2, 0) is 4.74 Å². The summed E-state index contributed by atoms with van der Waals surface area (Å²) in [7, 11) is 0. The Balaban J connectivity index is 1.60. The molecule has 2 amide bonds. The molecule has 2 N–H and O–H groups in total. The van der Waals surface area contributed by atoms with Crippen molar-refractivity contribution in [3.63, 3.8) is 0 Å². The highest BCUT2D eigenvalue weighted by molar-refractivity contribution is 14.1. The van der Waals surface area contributed by atoms with Crippen molar-refractivity contribution in [2.45, 2.75) is 6.42 Å². The molecule has 0 unspecified atom stereocenters. The summed E-state index contributed by atoms with van der Waals surface area (Å²) in [5.74, 6) is 0. The van der Waals surface area contributed by atoms with Gasteiger partial charge in [-0.25, -0.2) is 4.79 Å². The smallest absolute Gasteiger partial charge is 0.319 e. The summed E-state index contributed by atoms with van der Waals surface area (Å²) < 4.78 is 6.40. The first-order valence-corrected chi connectivity index (χ1v) is 7.92. The maximum atomic E-state index is 11.7. The minimum atomic E-state index is -0.144. The zero-order chi connectivity index (χ0) is 14.2. The number of ether oxygens (including phenoxy) is 1. The summed E-state index contributed by atoms with van der Waals surface area (Å²) >= 11 is 2.22. The molecule has 1 aromatic carbocycles. The van der Waals surface area contributed by atoms with Crippen molar-refractivity contribution in [3.8, 4) is 0 Å². The average Bonchev–Trinajstić information content (AvgIpc) is 2.45. The van der Waals surface area contributed by atoms with Crippen molar-refractivity contribution in [3.05, 3.63) is 27.8 Å². The van der Waals surface area contributed by atoms with E-state index in [1.54, 1.807) is 0 Å². The van der Waals surface area contributed by atoms with E-state index in [0.29, 0.717) is 6.54 Å². The topological polar surface area (TPSA) is 53.6 Å². The second-order valence-corrected chi connectivity index (χ2v) is 5.94. The van der Waals surface area contributed by atoms with Gasteiger partial charge in [-0.2, -0.15) is 0 Å². The highest BCUT2D eigenvalue weighted by Gasteiger charge is 2.09. The predicted molar refractivity (Wildman–Crippen MR) is 88.1 cm³/mol. The van der Waals surface area contributed by atoms with E-state index < -0.39 is 0 Å². The summed E-state index contributed by atoms with van der Waals surface area (Å²) in [6.07, 6.45) is 0.958. The maximum Gasteiger partial charge on any atom is 0.319 e. The van der Waals surface area contributed by atoms with E-state index in [4.69, 9.17) is 4.74 Å². The van der Waals surface area contributed by atoms with Crippen molar-refractivity contribution < 1.29 is 9.53 Å². The monoisotopic (exact) mass is 389 g/mol. The number of hydrogen-bond donors (Lipinski definition) is 2. The molecule has 1 aromatic rings. The summed E-state index contributed by atoms with van der Waals surface area (Å²) in [6.45, 7) is 5.32. The number of rotatable bonds is 5. The lowest BCUT2D eigenvalue weighted by atomic mass is 10.3. The molecule has 0 saturated carbocycles. The lowest BCUT2D eigenvalue weighted by Gasteiger charge is -2.26. The van der Waals surface area contributed by atoms with E-state index in [1.165, 1.54) is 0 Å². The number of anilines is 1. The number of morpholine rings is 1. The molecule has 0 radical (unpaired) electrons. The fraction of sp³-hybridized carbons (Fsp3) is 0.500. The first-order chi connectivity index (χ1) is 9.74. The molecule has 0 spiro atoms. The number of amides is 2. The second-order valence-electron chi connectivity index (χ2n) is 4.70. The van der Waals surface area contributed by atoms with E-state index in [-0.39, 0.29) is 6.03 Å². The van der Waals surface area contributed by atoms with Gasteiger partial charge in [0.2, 0.25) is 0 Å². The van der Waals surface area contributed by atoms with Gasteiger partial charge in [0, 0.05) is 28.9 Å². The van der Waals surface area contributed by atoms with Gasteiger partial charge in [0.05, 0.1) is 13.2 Å². The molecule has 0 aliphatic carbocycles. The largest absolute Gasteiger partial charge is 0.379 e. The highest BCUT2D eigenvalue weighted by Crippen LogP contribution is 2.11. The number of urea groups is 1. The number of carbonyl (C=O) groups excluding carboxylic acids is 1. The van der Waals surface area contributed by atoms with Gasteiger partial charge in [-0.05, 0) is 53.8 Å². The van der Waals surface area contributed by atoms with Gasteiger partial charge in [0.25, 0.3) is 0 Å². The quantitative estimate of drug-likeness (QED) is 0.600. The van der Waals surface area contributed by atoms with Crippen molar-refractivity contribution in [1.82, 2.24) is 10.2 Å². The van der Waals surface area contributed by atoms with Crippen molar-refractivity contribution in [2.24, 2.45) is 0 Å². The Kier molecular flexibility index (Phi) is 6.55. The SMILES string of the molecule is O=C(NCCCN1CCOCC1)Nc1cccc(I)c1. The first kappa shape index (κ1) is 15.5. The van der Waals surface area contributed by atoms with Crippen LogP contribution in [0.25, 0.3) is 0 Å². The first-order valence-electron chi connectivity index (χ1n) is 6.84. The predicted octanol–water partition coefficient (Wildman–Crippen LogP) is 2.13. The number of benzene rings is 1. The van der Waals surface area contributed by atoms with Crippen LogP contribution in [0.3, 0.4) is 0 Å². The Labute approximate surface area is 133 Å². The van der Waals surface area contributed by atoms with Crippen LogP contribution in [0.15, 0.2) is 24.3 Å². The molecule has 5 nitrogen and oxygen atoms in total. The molecule has 20 heavy (non-hydrogen) atoms. The van der Waals surface area contributed by atoms with Gasteiger partial charge in [0.15, 0.2) is 0 Å². The molecule has 0 bridgehead atoms. The molecule has 0 aromatic heterocycles. The maximum absolute atomic E-state index is 11.7. The zero-order valence-corrected chi connectivity index (χ0v) is 13.6. The molecule has 1 saturated heterocycles. The Hall–Kier alpha value is -0.860. The van der Waals surface area contributed by atoms with E-state index in [9.17, 15) is 4.79 Å². The molecule has 1 aliphatic rings. The van der Waals surface area contributed by atoms with Crippen LogP contribution in [-0.4, -0.2) is 50.3 Å². The second kappa shape index (κ2) is 8.43. The molecule has 0 atom stereocenters. The van der Waals surface area contributed by atoms with Crippen molar-refractivity contribution in [1.29, 1.82) is 0 Å². The minimum absolute atomic E-state index is 0.144. The van der Waals surface area contributed by atoms with Gasteiger partial charge < -0.3 is 15.4 Å². The van der Waals surface area contributed by atoms with Crippen LogP contribution in [0.1, 0.15) is 6.42 Å². The Bertz CT molecular complexity index is 436. The number of nitrogens with zero attached hydrogens (tertiary/aromatic N) is 1. The Morgan fingerprint density at radius 3 is 2.90 bits per heavy atom. The fourth-order valence-corrected chi connectivity index (χ4v) is 2.61. The third-order valence-electron chi connectivity index (χ3n) is 3.12. The Morgan fingerprint density at radius 1 is 1.35 bits per heavy atom. The number of carbonyl (C=O) groups is 1. The highest BCUT2D eigenvalue weighted by atomic mass is 127. The molecular formula is C14H20IN3O2. The third kappa shape index (κ3) is 5.64. The van der Waals surface area contributed by atoms with Crippen LogP contribution >= 0.6 is 22.6 Å². The normalized spacial score (nSPS) is 15.8. The fourth-order valence-electron chi connectivity index (χ4n) is 2.07. The van der Waals surface area contributed by atoms with Crippen molar-refractivity contribution >= 4 is 34.3 Å². The minimum Gasteiger partial charge on any atom is -0.379 e. The summed E-state index contributed by atoms with van der Waals surface area (Å²) in [5.41, 5.74) is 0.822. The van der Waals surface area contributed by atoms with E-state index in [1.807, 2.05) is 24.3 Å². The molecule has 1 aliphatic heterocycles. The van der Waals surface area contributed by atoms with Crippen LogP contribution in [0, 0.1) is 3.57 Å². The van der Waals surface area contributed by atoms with Crippen LogP contribution in [0.5, 0.6) is 0 Å². The van der Waals surface area contributed by atoms with Gasteiger partial charge in [-0.15, -0.1) is 0 Å². The van der Waals surface area contributed by atoms with Gasteiger partial charge in [0.1, 0.15) is 0 Å². The van der Waals surface area contributed by atoms with Gasteiger partial charge in [-0.1, -0.05) is 6.07 Å². The molecule has 1 heterocycles.